The molecule has 0 amide bonds. The minimum atomic E-state index is -1.24. The third-order valence-corrected chi connectivity index (χ3v) is 2.50. The van der Waals surface area contributed by atoms with Crippen molar-refractivity contribution in [2.24, 2.45) is 0 Å². The molecule has 0 aliphatic carbocycles. The highest BCUT2D eigenvalue weighted by Crippen LogP contribution is 2.22. The molecular weight excluding hydrogens is 269 g/mol. The predicted molar refractivity (Wildman–Crippen MR) is 70.4 cm³/mol. The van der Waals surface area contributed by atoms with Crippen LogP contribution in [0.5, 0.6) is 0 Å². The van der Waals surface area contributed by atoms with Crippen LogP contribution >= 0.6 is 0 Å². The Balaban J connectivity index is 2.19. The Morgan fingerprint density at radius 1 is 0.950 bits per heavy atom. The van der Waals surface area contributed by atoms with Crippen LogP contribution in [0.3, 0.4) is 0 Å². The number of rotatable bonds is 5. The van der Waals surface area contributed by atoms with Crippen molar-refractivity contribution in [2.45, 2.75) is 13.3 Å². The molecule has 0 saturated carbocycles. The van der Waals surface area contributed by atoms with E-state index in [-0.39, 0.29) is 11.5 Å². The van der Waals surface area contributed by atoms with Crippen molar-refractivity contribution in [1.82, 2.24) is 9.97 Å². The van der Waals surface area contributed by atoms with Crippen LogP contribution in [0.1, 0.15) is 13.3 Å². The van der Waals surface area contributed by atoms with Crippen LogP contribution in [-0.4, -0.2) is 16.5 Å². The molecule has 0 unspecified atom stereocenters. The first-order chi connectivity index (χ1) is 9.60. The van der Waals surface area contributed by atoms with Gasteiger partial charge in [-0.1, -0.05) is 6.92 Å². The standard InChI is InChI=1S/C13H13F3N4/c1-2-3-17-12-6-13(19-7-18-12)20-11-5-9(15)8(14)4-10(11)16/h4-7H,2-3H2,1H3,(H2,17,18,19,20). The second kappa shape index (κ2) is 6.23. The monoisotopic (exact) mass is 282 g/mol. The molecule has 7 heteroatoms. The minimum absolute atomic E-state index is 0.191. The maximum atomic E-state index is 13.5. The molecule has 0 saturated heterocycles. The van der Waals surface area contributed by atoms with Crippen molar-refractivity contribution < 1.29 is 13.2 Å². The number of halogens is 3. The highest BCUT2D eigenvalue weighted by molar-refractivity contribution is 5.59. The van der Waals surface area contributed by atoms with Crippen LogP contribution in [0.4, 0.5) is 30.5 Å². The van der Waals surface area contributed by atoms with E-state index in [1.165, 1.54) is 6.33 Å². The topological polar surface area (TPSA) is 49.8 Å². The van der Waals surface area contributed by atoms with Gasteiger partial charge in [0.25, 0.3) is 0 Å². The van der Waals surface area contributed by atoms with E-state index >= 15 is 0 Å². The van der Waals surface area contributed by atoms with Crippen LogP contribution in [0.25, 0.3) is 0 Å². The van der Waals surface area contributed by atoms with Gasteiger partial charge in [0.05, 0.1) is 5.69 Å². The Morgan fingerprint density at radius 3 is 2.40 bits per heavy atom. The summed E-state index contributed by atoms with van der Waals surface area (Å²) in [5.41, 5.74) is -0.191. The number of aromatic nitrogens is 2. The summed E-state index contributed by atoms with van der Waals surface area (Å²) in [4.78, 5) is 7.87. The molecular formula is C13H13F3N4. The quantitative estimate of drug-likeness (QED) is 0.825. The zero-order valence-corrected chi connectivity index (χ0v) is 10.8. The molecule has 2 aromatic rings. The zero-order chi connectivity index (χ0) is 14.5. The van der Waals surface area contributed by atoms with Gasteiger partial charge in [-0.3, -0.25) is 0 Å². The summed E-state index contributed by atoms with van der Waals surface area (Å²) < 4.78 is 39.4. The Hall–Kier alpha value is -2.31. The number of nitrogens with one attached hydrogen (secondary N) is 2. The molecule has 0 atom stereocenters. The van der Waals surface area contributed by atoms with E-state index in [1.807, 2.05) is 6.92 Å². The summed E-state index contributed by atoms with van der Waals surface area (Å²) in [5.74, 6) is -2.42. The van der Waals surface area contributed by atoms with E-state index in [0.29, 0.717) is 11.9 Å². The minimum Gasteiger partial charge on any atom is -0.370 e. The summed E-state index contributed by atoms with van der Waals surface area (Å²) in [6, 6.07) is 2.78. The number of benzene rings is 1. The Morgan fingerprint density at radius 2 is 1.65 bits per heavy atom. The van der Waals surface area contributed by atoms with Crippen LogP contribution in [0, 0.1) is 17.5 Å². The van der Waals surface area contributed by atoms with Gasteiger partial charge in [-0.15, -0.1) is 0 Å². The summed E-state index contributed by atoms with van der Waals surface area (Å²) in [7, 11) is 0. The van der Waals surface area contributed by atoms with Crippen molar-refractivity contribution in [1.29, 1.82) is 0 Å². The number of hydrogen-bond acceptors (Lipinski definition) is 4. The molecule has 0 bridgehead atoms. The lowest BCUT2D eigenvalue weighted by Gasteiger charge is -2.09. The molecule has 106 valence electrons. The average molecular weight is 282 g/mol. The lowest BCUT2D eigenvalue weighted by molar-refractivity contribution is 0.496. The van der Waals surface area contributed by atoms with E-state index in [2.05, 4.69) is 20.6 Å². The molecule has 0 aliphatic rings. The number of hydrogen-bond donors (Lipinski definition) is 2. The fourth-order valence-corrected chi connectivity index (χ4v) is 1.53. The van der Waals surface area contributed by atoms with Crippen LogP contribution < -0.4 is 10.6 Å². The maximum Gasteiger partial charge on any atom is 0.161 e. The highest BCUT2D eigenvalue weighted by atomic mass is 19.2. The number of anilines is 3. The first-order valence-corrected chi connectivity index (χ1v) is 6.07. The van der Waals surface area contributed by atoms with Gasteiger partial charge in [-0.25, -0.2) is 23.1 Å². The second-order valence-corrected chi connectivity index (χ2v) is 4.09. The second-order valence-electron chi connectivity index (χ2n) is 4.09. The predicted octanol–water partition coefficient (Wildman–Crippen LogP) is 3.46. The van der Waals surface area contributed by atoms with Crippen LogP contribution in [0.15, 0.2) is 24.5 Å². The summed E-state index contributed by atoms with van der Waals surface area (Å²) in [5, 5.41) is 5.62. The SMILES string of the molecule is CCCNc1cc(Nc2cc(F)c(F)cc2F)ncn1. The largest absolute Gasteiger partial charge is 0.370 e. The average Bonchev–Trinajstić information content (AvgIpc) is 2.43. The smallest absolute Gasteiger partial charge is 0.161 e. The molecule has 2 rings (SSSR count). The Kier molecular flexibility index (Phi) is 4.39. The van der Waals surface area contributed by atoms with Crippen molar-refractivity contribution >= 4 is 17.3 Å². The van der Waals surface area contributed by atoms with Crippen molar-refractivity contribution in [3.8, 4) is 0 Å². The van der Waals surface area contributed by atoms with E-state index in [1.54, 1.807) is 6.07 Å². The molecule has 1 aromatic carbocycles. The molecule has 1 aromatic heterocycles. The molecule has 2 N–H and O–H groups in total. The fraction of sp³-hybridized carbons (Fsp3) is 0.231. The van der Waals surface area contributed by atoms with Crippen LogP contribution in [-0.2, 0) is 0 Å². The van der Waals surface area contributed by atoms with Gasteiger partial charge < -0.3 is 10.6 Å². The third kappa shape index (κ3) is 3.37. The van der Waals surface area contributed by atoms with E-state index in [0.717, 1.165) is 19.0 Å². The first kappa shape index (κ1) is 14.1. The molecule has 20 heavy (non-hydrogen) atoms. The first-order valence-electron chi connectivity index (χ1n) is 6.07. The fourth-order valence-electron chi connectivity index (χ4n) is 1.53. The highest BCUT2D eigenvalue weighted by Gasteiger charge is 2.10. The molecule has 0 aliphatic heterocycles. The van der Waals surface area contributed by atoms with Gasteiger partial charge in [0, 0.05) is 24.7 Å². The third-order valence-electron chi connectivity index (χ3n) is 2.50. The lowest BCUT2D eigenvalue weighted by atomic mass is 10.3. The van der Waals surface area contributed by atoms with Gasteiger partial charge in [-0.2, -0.15) is 0 Å². The van der Waals surface area contributed by atoms with Crippen molar-refractivity contribution in [3.05, 3.63) is 42.0 Å². The molecule has 0 radical (unpaired) electrons. The number of nitrogens with zero attached hydrogens (tertiary/aromatic N) is 2. The van der Waals surface area contributed by atoms with E-state index < -0.39 is 17.5 Å². The van der Waals surface area contributed by atoms with Gasteiger partial charge in [0.1, 0.15) is 23.8 Å². The van der Waals surface area contributed by atoms with Gasteiger partial charge >= 0.3 is 0 Å². The molecule has 0 fully saturated rings. The summed E-state index contributed by atoms with van der Waals surface area (Å²) >= 11 is 0. The van der Waals surface area contributed by atoms with Gasteiger partial charge in [0.15, 0.2) is 11.6 Å². The van der Waals surface area contributed by atoms with Crippen LogP contribution in [0.2, 0.25) is 0 Å². The van der Waals surface area contributed by atoms with Gasteiger partial charge in [-0.05, 0) is 6.42 Å². The molecule has 1 heterocycles. The summed E-state index contributed by atoms with van der Waals surface area (Å²) in [6.07, 6.45) is 2.21. The van der Waals surface area contributed by atoms with E-state index in [9.17, 15) is 13.2 Å². The Bertz CT molecular complexity index is 604. The van der Waals surface area contributed by atoms with Gasteiger partial charge in [0.2, 0.25) is 0 Å². The normalized spacial score (nSPS) is 10.4. The summed E-state index contributed by atoms with van der Waals surface area (Å²) in [6.45, 7) is 2.74. The van der Waals surface area contributed by atoms with Crippen molar-refractivity contribution in [3.63, 3.8) is 0 Å². The van der Waals surface area contributed by atoms with Crippen molar-refractivity contribution in [2.75, 3.05) is 17.2 Å². The lowest BCUT2D eigenvalue weighted by Crippen LogP contribution is -2.04. The Labute approximate surface area is 114 Å². The zero-order valence-electron chi connectivity index (χ0n) is 10.8. The molecule has 0 spiro atoms. The maximum absolute atomic E-state index is 13.5. The molecule has 4 nitrogen and oxygen atoms in total. The van der Waals surface area contributed by atoms with E-state index in [4.69, 9.17) is 0 Å².